The van der Waals surface area contributed by atoms with E-state index in [-0.39, 0.29) is 18.9 Å². The first kappa shape index (κ1) is 17.7. The second kappa shape index (κ2) is 8.21. The first-order chi connectivity index (χ1) is 9.92. The van der Waals surface area contributed by atoms with Crippen molar-refractivity contribution in [2.24, 2.45) is 0 Å². The molecule has 0 saturated carbocycles. The predicted octanol–water partition coefficient (Wildman–Crippen LogP) is 1.42. The molecule has 5 nitrogen and oxygen atoms in total. The lowest BCUT2D eigenvalue weighted by Crippen LogP contribution is -2.41. The summed E-state index contributed by atoms with van der Waals surface area (Å²) in [5, 5.41) is 1.53. The highest BCUT2D eigenvalue weighted by Crippen LogP contribution is 2.33. The van der Waals surface area contributed by atoms with Crippen molar-refractivity contribution in [1.82, 2.24) is 5.32 Å². The number of rotatable bonds is 5. The van der Waals surface area contributed by atoms with Crippen molar-refractivity contribution in [3.05, 3.63) is 47.9 Å². The zero-order chi connectivity index (χ0) is 16.0. The molecule has 1 fully saturated rings. The number of allylic oxidation sites excluding steroid dienone is 5. The molecule has 1 aliphatic rings. The highest BCUT2D eigenvalue weighted by molar-refractivity contribution is 7.90. The van der Waals surface area contributed by atoms with Gasteiger partial charge in [-0.15, -0.1) is 0 Å². The molecule has 0 spiro atoms. The minimum Gasteiger partial charge on any atom is -0.355 e. The molecule has 1 rings (SSSR count). The van der Waals surface area contributed by atoms with Gasteiger partial charge < -0.3 is 9.87 Å². The van der Waals surface area contributed by atoms with E-state index in [1.54, 1.807) is 12.2 Å². The summed E-state index contributed by atoms with van der Waals surface area (Å²) >= 11 is -2.10. The van der Waals surface area contributed by atoms with E-state index >= 15 is 0 Å². The summed E-state index contributed by atoms with van der Waals surface area (Å²) < 4.78 is 33.6. The number of carbonyl (C=O) groups is 1. The van der Waals surface area contributed by atoms with Gasteiger partial charge in [-0.05, 0) is 18.1 Å². The Morgan fingerprint density at radius 1 is 1.48 bits per heavy atom. The first-order valence-corrected chi connectivity index (χ1v) is 8.71. The van der Waals surface area contributed by atoms with Gasteiger partial charge in [-0.25, -0.2) is 4.21 Å². The van der Waals surface area contributed by atoms with E-state index in [1.165, 1.54) is 19.1 Å². The quantitative estimate of drug-likeness (QED) is 0.747. The van der Waals surface area contributed by atoms with Gasteiger partial charge in [0.05, 0.1) is 21.3 Å². The van der Waals surface area contributed by atoms with Gasteiger partial charge in [0.15, 0.2) is 11.1 Å². The van der Waals surface area contributed by atoms with Crippen LogP contribution in [0.3, 0.4) is 0 Å². The number of carbonyl (C=O) groups excluding carboxylic acids is 1. The maximum absolute atomic E-state index is 12.6. The summed E-state index contributed by atoms with van der Waals surface area (Å²) in [6.07, 6.45) is 6.41. The Balaban J connectivity index is 3.19. The third kappa shape index (κ3) is 4.59. The average Bonchev–Trinajstić information content (AvgIpc) is 2.41. The van der Waals surface area contributed by atoms with Crippen molar-refractivity contribution in [2.45, 2.75) is 23.8 Å². The topological polar surface area (TPSA) is 83.5 Å². The summed E-state index contributed by atoms with van der Waals surface area (Å²) in [5.74, 6) is -0.227. The van der Waals surface area contributed by atoms with Crippen LogP contribution in [0.4, 0.5) is 0 Å². The zero-order valence-electron chi connectivity index (χ0n) is 11.8. The van der Waals surface area contributed by atoms with Gasteiger partial charge in [0.25, 0.3) is 0 Å². The van der Waals surface area contributed by atoms with Crippen molar-refractivity contribution in [3.63, 3.8) is 0 Å². The molecule has 21 heavy (non-hydrogen) atoms. The van der Waals surface area contributed by atoms with Gasteiger partial charge in [-0.2, -0.15) is 0 Å². The van der Waals surface area contributed by atoms with E-state index in [1.807, 2.05) is 0 Å². The standard InChI is InChI=1S/C14H19NO4S2/c1-4-6-12-13(7-5-2)20(17)11(9-15-10(3)16)8-14(12)21(18)19/h4-7,11,14H,1-2,8-9H2,3H3,(H,15,16)(H,18,19)/b12-6?,13-7+/t11-,14?,20?/m1/s1. The van der Waals surface area contributed by atoms with Crippen LogP contribution in [-0.2, 0) is 26.7 Å². The third-order valence-electron chi connectivity index (χ3n) is 3.02. The van der Waals surface area contributed by atoms with Crippen LogP contribution < -0.4 is 5.32 Å². The molecule has 1 heterocycles. The van der Waals surface area contributed by atoms with Crippen LogP contribution in [0.15, 0.2) is 47.9 Å². The molecule has 7 heteroatoms. The second-order valence-electron chi connectivity index (χ2n) is 4.48. The molecule has 0 aromatic rings. The number of amides is 1. The summed E-state index contributed by atoms with van der Waals surface area (Å²) in [6.45, 7) is 8.73. The van der Waals surface area contributed by atoms with Crippen LogP contribution >= 0.6 is 0 Å². The van der Waals surface area contributed by atoms with Gasteiger partial charge in [0.2, 0.25) is 5.91 Å². The average molecular weight is 329 g/mol. The van der Waals surface area contributed by atoms with Gasteiger partial charge in [0, 0.05) is 18.4 Å². The monoisotopic (exact) mass is 329 g/mol. The Kier molecular flexibility index (Phi) is 6.94. The molecule has 0 aromatic carbocycles. The predicted molar refractivity (Wildman–Crippen MR) is 86.4 cm³/mol. The van der Waals surface area contributed by atoms with Crippen molar-refractivity contribution >= 4 is 27.8 Å². The molecule has 0 aliphatic carbocycles. The lowest BCUT2D eigenvalue weighted by atomic mass is 10.0. The summed E-state index contributed by atoms with van der Waals surface area (Å²) in [4.78, 5) is 11.5. The molecule has 2 N–H and O–H groups in total. The van der Waals surface area contributed by atoms with Gasteiger partial charge >= 0.3 is 0 Å². The third-order valence-corrected chi connectivity index (χ3v) is 5.72. The molecule has 0 radical (unpaired) electrons. The zero-order valence-corrected chi connectivity index (χ0v) is 13.4. The summed E-state index contributed by atoms with van der Waals surface area (Å²) in [7, 11) is -1.39. The van der Waals surface area contributed by atoms with Crippen molar-refractivity contribution in [2.75, 3.05) is 6.54 Å². The summed E-state index contributed by atoms with van der Waals surface area (Å²) in [5.41, 5.74) is 0.531. The minimum absolute atomic E-state index is 0.200. The second-order valence-corrected chi connectivity index (χ2v) is 7.30. The van der Waals surface area contributed by atoms with Crippen LogP contribution in [0.5, 0.6) is 0 Å². The van der Waals surface area contributed by atoms with Crippen molar-refractivity contribution in [1.29, 1.82) is 0 Å². The molecule has 0 aromatic heterocycles. The SMILES string of the molecule is C=CC=C1/C(=C\C=C)S(=O)[C@@H](CNC(C)=O)CC1S(=O)O. The Morgan fingerprint density at radius 2 is 2.10 bits per heavy atom. The largest absolute Gasteiger partial charge is 0.355 e. The van der Waals surface area contributed by atoms with E-state index < -0.39 is 32.4 Å². The number of nitrogens with one attached hydrogen (secondary N) is 1. The molecule has 1 aliphatic heterocycles. The lowest BCUT2D eigenvalue weighted by molar-refractivity contribution is -0.118. The maximum atomic E-state index is 12.6. The molecule has 4 atom stereocenters. The van der Waals surface area contributed by atoms with Gasteiger partial charge in [-0.1, -0.05) is 31.4 Å². The number of hydrogen-bond donors (Lipinski definition) is 2. The highest BCUT2D eigenvalue weighted by atomic mass is 32.2. The Hall–Kier alpha value is -1.31. The smallest absolute Gasteiger partial charge is 0.216 e. The van der Waals surface area contributed by atoms with E-state index in [0.29, 0.717) is 10.5 Å². The van der Waals surface area contributed by atoms with Gasteiger partial charge in [0.1, 0.15) is 0 Å². The van der Waals surface area contributed by atoms with Crippen molar-refractivity contribution < 1.29 is 17.8 Å². The normalized spacial score (nSPS) is 30.9. The Labute approximate surface area is 129 Å². The minimum atomic E-state index is -2.10. The van der Waals surface area contributed by atoms with E-state index in [9.17, 15) is 17.8 Å². The summed E-state index contributed by atoms with van der Waals surface area (Å²) in [6, 6.07) is 0. The van der Waals surface area contributed by atoms with Crippen LogP contribution in [0.25, 0.3) is 0 Å². The van der Waals surface area contributed by atoms with Gasteiger partial charge in [-0.3, -0.25) is 9.00 Å². The highest BCUT2D eigenvalue weighted by Gasteiger charge is 2.37. The fraction of sp³-hybridized carbons (Fsp3) is 0.357. The van der Waals surface area contributed by atoms with E-state index in [2.05, 4.69) is 18.5 Å². The fourth-order valence-electron chi connectivity index (χ4n) is 2.10. The van der Waals surface area contributed by atoms with Crippen LogP contribution in [0, 0.1) is 0 Å². The Bertz CT molecular complexity index is 551. The molecule has 1 amide bonds. The van der Waals surface area contributed by atoms with Crippen molar-refractivity contribution in [3.8, 4) is 0 Å². The first-order valence-electron chi connectivity index (χ1n) is 6.32. The van der Waals surface area contributed by atoms with Crippen LogP contribution in [0.2, 0.25) is 0 Å². The Morgan fingerprint density at radius 3 is 2.57 bits per heavy atom. The molecule has 3 unspecified atom stereocenters. The number of hydrogen-bond acceptors (Lipinski definition) is 3. The molecule has 0 bridgehead atoms. The van der Waals surface area contributed by atoms with Crippen LogP contribution in [0.1, 0.15) is 13.3 Å². The van der Waals surface area contributed by atoms with E-state index in [4.69, 9.17) is 0 Å². The van der Waals surface area contributed by atoms with E-state index in [0.717, 1.165) is 0 Å². The molecular weight excluding hydrogens is 310 g/mol. The van der Waals surface area contributed by atoms with Crippen LogP contribution in [-0.4, -0.2) is 35.9 Å². The fourth-order valence-corrected chi connectivity index (χ4v) is 4.75. The maximum Gasteiger partial charge on any atom is 0.216 e. The molecule has 1 saturated heterocycles. The molecule has 116 valence electrons. The molecular formula is C14H19NO4S2. The lowest BCUT2D eigenvalue weighted by Gasteiger charge is -2.31.